The molecule has 142 valence electrons. The van der Waals surface area contributed by atoms with Gasteiger partial charge in [-0.05, 0) is 39.1 Å². The van der Waals surface area contributed by atoms with E-state index in [9.17, 15) is 9.59 Å². The Labute approximate surface area is 159 Å². The molecule has 0 saturated carbocycles. The van der Waals surface area contributed by atoms with Gasteiger partial charge >= 0.3 is 0 Å². The summed E-state index contributed by atoms with van der Waals surface area (Å²) in [6, 6.07) is 7.46. The molecule has 0 aliphatic rings. The zero-order valence-electron chi connectivity index (χ0n) is 16.0. The number of benzene rings is 1. The van der Waals surface area contributed by atoms with Crippen LogP contribution in [0.4, 0.5) is 0 Å². The summed E-state index contributed by atoms with van der Waals surface area (Å²) in [5.74, 6) is 0.191. The number of para-hydroxylation sites is 1. The van der Waals surface area contributed by atoms with Gasteiger partial charge in [-0.2, -0.15) is 0 Å². The molecule has 0 saturated heterocycles. The summed E-state index contributed by atoms with van der Waals surface area (Å²) in [7, 11) is 0. The summed E-state index contributed by atoms with van der Waals surface area (Å²) in [6.45, 7) is 11.3. The molecule has 0 radical (unpaired) electrons. The van der Waals surface area contributed by atoms with E-state index in [0.29, 0.717) is 22.6 Å². The molecule has 0 spiro atoms. The Bertz CT molecular complexity index is 800. The quantitative estimate of drug-likeness (QED) is 0.537. The zero-order chi connectivity index (χ0) is 19.1. The van der Waals surface area contributed by atoms with E-state index in [-0.39, 0.29) is 23.3 Å². The maximum absolute atomic E-state index is 13.0. The number of fused-ring (bicyclic) bond motifs is 1. The Kier molecular flexibility index (Phi) is 7.66. The van der Waals surface area contributed by atoms with Crippen molar-refractivity contribution < 1.29 is 4.79 Å². The first-order valence-corrected chi connectivity index (χ1v) is 10.1. The Morgan fingerprint density at radius 2 is 1.96 bits per heavy atom. The van der Waals surface area contributed by atoms with Gasteiger partial charge in [-0.25, -0.2) is 4.98 Å². The number of rotatable bonds is 9. The first-order valence-electron chi connectivity index (χ1n) is 9.10. The van der Waals surface area contributed by atoms with Gasteiger partial charge in [0.05, 0.1) is 16.7 Å². The highest BCUT2D eigenvalue weighted by atomic mass is 32.2. The van der Waals surface area contributed by atoms with E-state index in [2.05, 4.69) is 29.0 Å². The highest BCUT2D eigenvalue weighted by molar-refractivity contribution is 7.99. The monoisotopic (exact) mass is 376 g/mol. The Balaban J connectivity index is 2.31. The smallest absolute Gasteiger partial charge is 0.262 e. The Morgan fingerprint density at radius 3 is 2.62 bits per heavy atom. The number of nitrogens with zero attached hydrogens (tertiary/aromatic N) is 3. The molecule has 0 fully saturated rings. The van der Waals surface area contributed by atoms with Crippen molar-refractivity contribution in [3.63, 3.8) is 0 Å². The van der Waals surface area contributed by atoms with Crippen molar-refractivity contribution in [2.75, 3.05) is 25.4 Å². The second kappa shape index (κ2) is 9.73. The predicted molar refractivity (Wildman–Crippen MR) is 108 cm³/mol. The number of hydrogen-bond acceptors (Lipinski definition) is 5. The van der Waals surface area contributed by atoms with Crippen LogP contribution in [-0.4, -0.2) is 51.8 Å². The van der Waals surface area contributed by atoms with E-state index in [0.717, 1.165) is 19.6 Å². The number of amides is 1. The van der Waals surface area contributed by atoms with E-state index in [1.807, 2.05) is 32.0 Å². The summed E-state index contributed by atoms with van der Waals surface area (Å²) < 4.78 is 1.70. The molecule has 1 N–H and O–H groups in total. The lowest BCUT2D eigenvalue weighted by atomic mass is 10.2. The van der Waals surface area contributed by atoms with Gasteiger partial charge in [-0.15, -0.1) is 0 Å². The van der Waals surface area contributed by atoms with Crippen LogP contribution in [0.3, 0.4) is 0 Å². The minimum atomic E-state index is -0.0531. The molecule has 1 aromatic carbocycles. The summed E-state index contributed by atoms with van der Waals surface area (Å²) in [6.07, 6.45) is 0. The molecule has 1 heterocycles. The number of thioether (sulfide) groups is 1. The summed E-state index contributed by atoms with van der Waals surface area (Å²) in [4.78, 5) is 31.9. The number of hydrogen-bond donors (Lipinski definition) is 1. The van der Waals surface area contributed by atoms with Gasteiger partial charge in [-0.1, -0.05) is 37.7 Å². The summed E-state index contributed by atoms with van der Waals surface area (Å²) in [5, 5.41) is 4.08. The van der Waals surface area contributed by atoms with Crippen molar-refractivity contribution in [3.05, 3.63) is 34.6 Å². The molecule has 0 aliphatic carbocycles. The van der Waals surface area contributed by atoms with E-state index in [1.165, 1.54) is 11.8 Å². The van der Waals surface area contributed by atoms with Crippen LogP contribution in [0.15, 0.2) is 34.2 Å². The zero-order valence-corrected chi connectivity index (χ0v) is 16.8. The van der Waals surface area contributed by atoms with Crippen molar-refractivity contribution in [1.29, 1.82) is 0 Å². The normalized spacial score (nSPS) is 11.5. The van der Waals surface area contributed by atoms with Crippen molar-refractivity contribution in [3.8, 4) is 0 Å². The molecule has 0 atom stereocenters. The van der Waals surface area contributed by atoms with Crippen molar-refractivity contribution in [1.82, 2.24) is 19.8 Å². The molecular formula is C19H28N4O2S. The average molecular weight is 377 g/mol. The lowest BCUT2D eigenvalue weighted by Gasteiger charge is -2.20. The van der Waals surface area contributed by atoms with Gasteiger partial charge in [0, 0.05) is 19.1 Å². The molecule has 2 aromatic rings. The van der Waals surface area contributed by atoms with Gasteiger partial charge in [0.15, 0.2) is 5.16 Å². The molecule has 0 unspecified atom stereocenters. The number of carbonyl (C=O) groups excluding carboxylic acids is 1. The van der Waals surface area contributed by atoms with Crippen molar-refractivity contribution in [2.24, 2.45) is 0 Å². The molecule has 1 amide bonds. The highest BCUT2D eigenvalue weighted by Crippen LogP contribution is 2.17. The van der Waals surface area contributed by atoms with Crippen LogP contribution in [0.5, 0.6) is 0 Å². The predicted octanol–water partition coefficient (Wildman–Crippen LogP) is 2.35. The third kappa shape index (κ3) is 5.32. The molecule has 1 aromatic heterocycles. The SMILES string of the molecule is CCN(CC)CCn1c(SCC(=O)NC(C)C)nc2ccccc2c1=O. The van der Waals surface area contributed by atoms with Gasteiger partial charge in [0.2, 0.25) is 5.91 Å². The van der Waals surface area contributed by atoms with Gasteiger partial charge in [-0.3, -0.25) is 14.2 Å². The summed E-state index contributed by atoms with van der Waals surface area (Å²) >= 11 is 1.31. The standard InChI is InChI=1S/C19H28N4O2S/c1-5-22(6-2)11-12-23-18(25)15-9-7-8-10-16(15)21-19(23)26-13-17(24)20-14(3)4/h7-10,14H,5-6,11-13H2,1-4H3,(H,20,24). The first-order chi connectivity index (χ1) is 12.5. The van der Waals surface area contributed by atoms with Gasteiger partial charge in [0.1, 0.15) is 0 Å². The van der Waals surface area contributed by atoms with Crippen LogP contribution in [0, 0.1) is 0 Å². The van der Waals surface area contributed by atoms with Crippen molar-refractivity contribution in [2.45, 2.75) is 45.4 Å². The van der Waals surface area contributed by atoms with Gasteiger partial charge in [0.25, 0.3) is 5.56 Å². The van der Waals surface area contributed by atoms with E-state index >= 15 is 0 Å². The van der Waals surface area contributed by atoms with Crippen LogP contribution in [0.25, 0.3) is 10.9 Å². The summed E-state index contributed by atoms with van der Waals surface area (Å²) in [5.41, 5.74) is 0.623. The van der Waals surface area contributed by atoms with E-state index in [4.69, 9.17) is 0 Å². The van der Waals surface area contributed by atoms with E-state index < -0.39 is 0 Å². The molecule has 6 nitrogen and oxygen atoms in total. The number of aromatic nitrogens is 2. The maximum atomic E-state index is 13.0. The molecule has 0 aliphatic heterocycles. The fraction of sp³-hybridized carbons (Fsp3) is 0.526. The molecular weight excluding hydrogens is 348 g/mol. The fourth-order valence-electron chi connectivity index (χ4n) is 2.73. The second-order valence-electron chi connectivity index (χ2n) is 6.41. The van der Waals surface area contributed by atoms with E-state index in [1.54, 1.807) is 10.6 Å². The number of nitrogens with one attached hydrogen (secondary N) is 1. The molecule has 0 bridgehead atoms. The number of carbonyl (C=O) groups is 1. The van der Waals surface area contributed by atoms with Gasteiger partial charge < -0.3 is 10.2 Å². The maximum Gasteiger partial charge on any atom is 0.262 e. The van der Waals surface area contributed by atoms with Crippen LogP contribution in [-0.2, 0) is 11.3 Å². The Morgan fingerprint density at radius 1 is 1.27 bits per heavy atom. The minimum Gasteiger partial charge on any atom is -0.353 e. The molecule has 7 heteroatoms. The Hall–Kier alpha value is -1.86. The molecule has 26 heavy (non-hydrogen) atoms. The first kappa shape index (κ1) is 20.5. The minimum absolute atomic E-state index is 0.0467. The van der Waals surface area contributed by atoms with Crippen LogP contribution in [0.2, 0.25) is 0 Å². The van der Waals surface area contributed by atoms with Crippen LogP contribution >= 0.6 is 11.8 Å². The topological polar surface area (TPSA) is 67.2 Å². The second-order valence-corrected chi connectivity index (χ2v) is 7.35. The van der Waals surface area contributed by atoms with Crippen LogP contribution in [0.1, 0.15) is 27.7 Å². The largest absolute Gasteiger partial charge is 0.353 e. The highest BCUT2D eigenvalue weighted by Gasteiger charge is 2.14. The lowest BCUT2D eigenvalue weighted by molar-refractivity contribution is -0.119. The van der Waals surface area contributed by atoms with Crippen LogP contribution < -0.4 is 10.9 Å². The third-order valence-electron chi connectivity index (χ3n) is 4.14. The van der Waals surface area contributed by atoms with Crippen molar-refractivity contribution >= 4 is 28.6 Å². The average Bonchev–Trinajstić information content (AvgIpc) is 2.62. The molecule has 2 rings (SSSR count). The number of likely N-dealkylation sites (N-methyl/N-ethyl adjacent to an activating group) is 1. The fourth-order valence-corrected chi connectivity index (χ4v) is 3.57. The lowest BCUT2D eigenvalue weighted by Crippen LogP contribution is -2.33. The third-order valence-corrected chi connectivity index (χ3v) is 5.12.